The van der Waals surface area contributed by atoms with Crippen LogP contribution in [0.25, 0.3) is 11.0 Å². The van der Waals surface area contributed by atoms with Gasteiger partial charge in [-0.2, -0.15) is 12.7 Å². The zero-order valence-corrected chi connectivity index (χ0v) is 32.9. The average Bonchev–Trinajstić information content (AvgIpc) is 3.63. The highest BCUT2D eigenvalue weighted by atomic mass is 32.2. The Morgan fingerprint density at radius 2 is 1.58 bits per heavy atom. The molecule has 2 heterocycles. The monoisotopic (exact) mass is 795 g/mol. The van der Waals surface area contributed by atoms with E-state index >= 15 is 0 Å². The third-order valence-electron chi connectivity index (χ3n) is 9.60. The van der Waals surface area contributed by atoms with Gasteiger partial charge >= 0.3 is 28.3 Å². The number of benzene rings is 4. The minimum Gasteiger partial charge on any atom is -0.466 e. The summed E-state index contributed by atoms with van der Waals surface area (Å²) >= 11 is 0. The van der Waals surface area contributed by atoms with Crippen molar-refractivity contribution in [3.63, 3.8) is 0 Å². The smallest absolute Gasteiger partial charge is 0.407 e. The van der Waals surface area contributed by atoms with Crippen molar-refractivity contribution in [1.82, 2.24) is 24.6 Å². The van der Waals surface area contributed by atoms with E-state index in [9.17, 15) is 22.8 Å². The minimum atomic E-state index is -4.21. The zero-order chi connectivity index (χ0) is 40.4. The Balaban J connectivity index is 1.15. The number of carbonyl (C=O) groups excluding carboxylic acids is 3. The normalized spacial score (nSPS) is 14.3. The molecule has 0 bridgehead atoms. The minimum absolute atomic E-state index is 0.00455. The quantitative estimate of drug-likeness (QED) is 0.0898. The summed E-state index contributed by atoms with van der Waals surface area (Å²) in [6, 6.07) is 28.2. The number of nitrogens with zero attached hydrogens (tertiary/aromatic N) is 4. The molecule has 5 aromatic rings. The Morgan fingerprint density at radius 1 is 0.877 bits per heavy atom. The molecule has 0 saturated carbocycles. The average molecular weight is 796 g/mol. The van der Waals surface area contributed by atoms with Crippen LogP contribution in [0.5, 0.6) is 0 Å². The molecule has 4 aromatic carbocycles. The Bertz CT molecular complexity index is 2350. The van der Waals surface area contributed by atoms with Crippen molar-refractivity contribution in [3.8, 4) is 0 Å². The molecule has 0 aliphatic carbocycles. The predicted molar refractivity (Wildman–Crippen MR) is 211 cm³/mol. The highest BCUT2D eigenvalue weighted by Crippen LogP contribution is 2.35. The van der Waals surface area contributed by atoms with Crippen LogP contribution in [-0.4, -0.2) is 65.4 Å². The zero-order valence-electron chi connectivity index (χ0n) is 32.1. The van der Waals surface area contributed by atoms with E-state index in [4.69, 9.17) is 18.4 Å². The first-order chi connectivity index (χ1) is 27.5. The molecule has 1 N–H and O–H groups in total. The maximum atomic E-state index is 13.3. The van der Waals surface area contributed by atoms with Gasteiger partial charge in [-0.05, 0) is 71.9 Å². The van der Waals surface area contributed by atoms with Crippen LogP contribution in [0.15, 0.2) is 103 Å². The number of aryl methyl sites for hydroxylation is 3. The number of rotatable bonds is 16. The van der Waals surface area contributed by atoms with Crippen molar-refractivity contribution in [1.29, 1.82) is 0 Å². The first kappa shape index (κ1) is 40.6. The second-order valence-corrected chi connectivity index (χ2v) is 15.1. The molecule has 6 rings (SSSR count). The van der Waals surface area contributed by atoms with Crippen LogP contribution in [-0.2, 0) is 64.6 Å². The molecule has 0 saturated heterocycles. The lowest BCUT2D eigenvalue weighted by atomic mass is 9.84. The van der Waals surface area contributed by atoms with Crippen LogP contribution >= 0.6 is 0 Å². The summed E-state index contributed by atoms with van der Waals surface area (Å²) in [5, 5.41) is 11.3. The second kappa shape index (κ2) is 18.7. The molecular formula is C42H45N5O9S. The first-order valence-corrected chi connectivity index (χ1v) is 20.0. The molecule has 14 nitrogen and oxygen atoms in total. The van der Waals surface area contributed by atoms with E-state index in [0.717, 1.165) is 44.5 Å². The van der Waals surface area contributed by atoms with Gasteiger partial charge in [-0.15, -0.1) is 5.10 Å². The number of esters is 2. The van der Waals surface area contributed by atoms with E-state index in [1.54, 1.807) is 17.7 Å². The second-order valence-electron chi connectivity index (χ2n) is 13.5. The van der Waals surface area contributed by atoms with E-state index in [1.807, 2.05) is 105 Å². The van der Waals surface area contributed by atoms with E-state index in [-0.39, 0.29) is 76.5 Å². The first-order valence-electron chi connectivity index (χ1n) is 18.6. The lowest BCUT2D eigenvalue weighted by molar-refractivity contribution is -0.145. The maximum Gasteiger partial charge on any atom is 0.407 e. The van der Waals surface area contributed by atoms with E-state index in [1.165, 1.54) is 4.31 Å². The maximum absolute atomic E-state index is 13.3. The number of carbonyl (C=O) groups is 3. The van der Waals surface area contributed by atoms with E-state index in [2.05, 4.69) is 15.6 Å². The Labute approximate surface area is 331 Å². The summed E-state index contributed by atoms with van der Waals surface area (Å²) < 4.78 is 50.8. The van der Waals surface area contributed by atoms with Crippen molar-refractivity contribution in [2.75, 3.05) is 19.7 Å². The molecule has 1 atom stereocenters. The van der Waals surface area contributed by atoms with Gasteiger partial charge in [0, 0.05) is 19.0 Å². The summed E-state index contributed by atoms with van der Waals surface area (Å²) in [6.07, 6.45) is 1.03. The van der Waals surface area contributed by atoms with Gasteiger partial charge in [-0.3, -0.25) is 9.59 Å². The van der Waals surface area contributed by atoms with Crippen molar-refractivity contribution in [2.45, 2.75) is 65.8 Å². The lowest BCUT2D eigenvalue weighted by Crippen LogP contribution is -2.38. The molecule has 0 fully saturated rings. The topological polar surface area (TPSA) is 168 Å². The van der Waals surface area contributed by atoms with Crippen molar-refractivity contribution < 1.29 is 41.2 Å². The third-order valence-corrected chi connectivity index (χ3v) is 10.9. The van der Waals surface area contributed by atoms with E-state index < -0.39 is 22.3 Å². The van der Waals surface area contributed by atoms with Gasteiger partial charge in [0.25, 0.3) is 0 Å². The third kappa shape index (κ3) is 10.6. The molecule has 1 aliphatic rings. The molecular weight excluding hydrogens is 751 g/mol. The number of nitrogens with one attached hydrogen (secondary N) is 1. The molecule has 1 unspecified atom stereocenters. The summed E-state index contributed by atoms with van der Waals surface area (Å²) in [6.45, 7) is 6.16. The van der Waals surface area contributed by atoms with Crippen LogP contribution in [0.2, 0.25) is 0 Å². The number of amides is 1. The molecule has 298 valence electrons. The van der Waals surface area contributed by atoms with Gasteiger partial charge in [0.1, 0.15) is 24.5 Å². The molecule has 1 aliphatic heterocycles. The Kier molecular flexibility index (Phi) is 13.3. The predicted octanol–water partition coefficient (Wildman–Crippen LogP) is 6.15. The number of aromatic nitrogens is 3. The fourth-order valence-corrected chi connectivity index (χ4v) is 7.55. The van der Waals surface area contributed by atoms with Crippen molar-refractivity contribution in [2.24, 2.45) is 0 Å². The number of alkyl carbamates (subject to hydrolysis) is 1. The van der Waals surface area contributed by atoms with Gasteiger partial charge in [0.2, 0.25) is 0 Å². The Hall–Kier alpha value is -6.06. The molecule has 0 radical (unpaired) electrons. The van der Waals surface area contributed by atoms with Crippen LogP contribution in [0.3, 0.4) is 0 Å². The molecule has 0 spiro atoms. The fraction of sp³-hybridized carbons (Fsp3) is 0.310. The highest BCUT2D eigenvalue weighted by Gasteiger charge is 2.30. The van der Waals surface area contributed by atoms with Crippen LogP contribution in [0, 0.1) is 13.8 Å². The van der Waals surface area contributed by atoms with Gasteiger partial charge in [0.15, 0.2) is 0 Å². The number of hydrogen-bond donors (Lipinski definition) is 1. The number of hydrogen-bond acceptors (Lipinski definition) is 11. The van der Waals surface area contributed by atoms with Crippen molar-refractivity contribution in [3.05, 3.63) is 142 Å². The van der Waals surface area contributed by atoms with Crippen LogP contribution in [0.4, 0.5) is 4.79 Å². The van der Waals surface area contributed by atoms with Gasteiger partial charge < -0.3 is 23.7 Å². The summed E-state index contributed by atoms with van der Waals surface area (Å²) in [4.78, 5) is 37.7. The summed E-state index contributed by atoms with van der Waals surface area (Å²) in [5.74, 6) is -1.12. The highest BCUT2D eigenvalue weighted by molar-refractivity contribution is 7.84. The van der Waals surface area contributed by atoms with Crippen molar-refractivity contribution >= 4 is 39.4 Å². The standard InChI is InChI=1S/C42H45N5O9S/c1-4-53-40(49)24-37(36-17-18-38-41(30(36)3)44-45-47(38)22-20-39(48)54-27-31-11-7-5-8-12-31)33-16-15-29(2)34(23-33)26-46-21-19-35(56-57(46,51)52)25-43-42(50)55-28-32-13-9-6-10-14-32/h5-19,23,37H,4,20-22,24-28H2,1-3H3,(H,43,50). The largest absolute Gasteiger partial charge is 0.466 e. The Morgan fingerprint density at radius 3 is 2.26 bits per heavy atom. The molecule has 57 heavy (non-hydrogen) atoms. The SMILES string of the molecule is CCOC(=O)CC(c1ccc(C)c(CN2CC=C(CNC(=O)OCc3ccccc3)OS2(=O)=O)c1)c1ccc2c(nnn2CCC(=O)OCc2ccccc2)c1C. The lowest BCUT2D eigenvalue weighted by Gasteiger charge is -2.27. The van der Waals surface area contributed by atoms with Crippen LogP contribution in [0.1, 0.15) is 64.6 Å². The molecule has 15 heteroatoms. The van der Waals surface area contributed by atoms with Gasteiger partial charge in [0.05, 0.1) is 38.1 Å². The van der Waals surface area contributed by atoms with Gasteiger partial charge in [-0.1, -0.05) is 90.1 Å². The fourth-order valence-electron chi connectivity index (χ4n) is 6.49. The van der Waals surface area contributed by atoms with E-state index in [0.29, 0.717) is 5.52 Å². The van der Waals surface area contributed by atoms with Gasteiger partial charge in [-0.25, -0.2) is 9.48 Å². The summed E-state index contributed by atoms with van der Waals surface area (Å²) in [5.41, 5.74) is 7.07. The molecule has 1 aromatic heterocycles. The van der Waals surface area contributed by atoms with Crippen LogP contribution < -0.4 is 5.32 Å². The number of ether oxygens (including phenoxy) is 3. The number of fused-ring (bicyclic) bond motifs is 1. The summed E-state index contributed by atoms with van der Waals surface area (Å²) in [7, 11) is -4.21. The molecule has 1 amide bonds.